The van der Waals surface area contributed by atoms with E-state index < -0.39 is 0 Å². The fourth-order valence-electron chi connectivity index (χ4n) is 4.03. The summed E-state index contributed by atoms with van der Waals surface area (Å²) in [6.07, 6.45) is 2.96. The first-order valence-electron chi connectivity index (χ1n) is 10.7. The first-order valence-corrected chi connectivity index (χ1v) is 11.7. The lowest BCUT2D eigenvalue weighted by molar-refractivity contribution is 0.195. The zero-order chi connectivity index (χ0) is 21.0. The standard InChI is InChI=1S/C25H26N4OS/c1-18-23(17-31-25-27-21-8-4-5-9-22(21)28-25)26-12-10-24(18)30-15-14-29-13-11-19-6-2-3-7-20(19)16-29/h2-10,12H,11,13-17H2,1H3,(H,27,28). The summed E-state index contributed by atoms with van der Waals surface area (Å²) in [5, 5.41) is 0.916. The van der Waals surface area contributed by atoms with Crippen molar-refractivity contribution in [3.05, 3.63) is 83.2 Å². The molecule has 2 aromatic heterocycles. The van der Waals surface area contributed by atoms with Crippen LogP contribution in [0.5, 0.6) is 5.75 Å². The summed E-state index contributed by atoms with van der Waals surface area (Å²) in [6, 6.07) is 18.8. The van der Waals surface area contributed by atoms with Crippen molar-refractivity contribution in [3.63, 3.8) is 0 Å². The van der Waals surface area contributed by atoms with Crippen LogP contribution in [-0.4, -0.2) is 39.5 Å². The Morgan fingerprint density at radius 2 is 1.90 bits per heavy atom. The first-order chi connectivity index (χ1) is 15.3. The van der Waals surface area contributed by atoms with Crippen LogP contribution in [0.4, 0.5) is 0 Å². The van der Waals surface area contributed by atoms with Crippen molar-refractivity contribution in [3.8, 4) is 5.75 Å². The topological polar surface area (TPSA) is 54.0 Å². The van der Waals surface area contributed by atoms with E-state index in [1.807, 2.05) is 36.5 Å². The maximum Gasteiger partial charge on any atom is 0.166 e. The van der Waals surface area contributed by atoms with Crippen molar-refractivity contribution in [2.45, 2.75) is 30.8 Å². The largest absolute Gasteiger partial charge is 0.492 e. The van der Waals surface area contributed by atoms with E-state index in [1.54, 1.807) is 11.8 Å². The van der Waals surface area contributed by atoms with Crippen LogP contribution in [-0.2, 0) is 18.7 Å². The van der Waals surface area contributed by atoms with Crippen LogP contribution in [0.1, 0.15) is 22.4 Å². The lowest BCUT2D eigenvalue weighted by atomic mass is 10.0. The average molecular weight is 431 g/mol. The van der Waals surface area contributed by atoms with E-state index in [1.165, 1.54) is 11.1 Å². The molecule has 1 N–H and O–H groups in total. The van der Waals surface area contributed by atoms with Gasteiger partial charge in [-0.05, 0) is 42.7 Å². The smallest absolute Gasteiger partial charge is 0.166 e. The molecule has 0 unspecified atom stereocenters. The SMILES string of the molecule is Cc1c(OCCN2CCc3ccccc3C2)ccnc1CSc1nc2ccccc2[nH]1. The third-order valence-corrected chi connectivity index (χ3v) is 6.73. The Morgan fingerprint density at radius 1 is 1.06 bits per heavy atom. The highest BCUT2D eigenvalue weighted by molar-refractivity contribution is 7.98. The third-order valence-electron chi connectivity index (χ3n) is 5.85. The summed E-state index contributed by atoms with van der Waals surface area (Å²) < 4.78 is 6.15. The average Bonchev–Trinajstić information content (AvgIpc) is 3.22. The quantitative estimate of drug-likeness (QED) is 0.418. The predicted octanol–water partition coefficient (Wildman–Crippen LogP) is 5.00. The molecule has 0 bridgehead atoms. The van der Waals surface area contributed by atoms with Gasteiger partial charge in [-0.2, -0.15) is 0 Å². The molecule has 0 atom stereocenters. The molecule has 1 aliphatic heterocycles. The number of benzene rings is 2. The summed E-state index contributed by atoms with van der Waals surface area (Å²) in [5.74, 6) is 1.68. The van der Waals surface area contributed by atoms with Gasteiger partial charge in [0.05, 0.1) is 16.7 Å². The number of thioether (sulfide) groups is 1. The van der Waals surface area contributed by atoms with E-state index in [9.17, 15) is 0 Å². The number of hydrogen-bond donors (Lipinski definition) is 1. The molecule has 0 aliphatic carbocycles. The van der Waals surface area contributed by atoms with Gasteiger partial charge in [-0.1, -0.05) is 48.2 Å². The molecule has 4 aromatic rings. The second kappa shape index (κ2) is 9.12. The molecule has 0 spiro atoms. The van der Waals surface area contributed by atoms with Crippen LogP contribution in [0, 0.1) is 6.92 Å². The van der Waals surface area contributed by atoms with Crippen molar-refractivity contribution in [2.24, 2.45) is 0 Å². The van der Waals surface area contributed by atoms with E-state index in [4.69, 9.17) is 4.74 Å². The van der Waals surface area contributed by atoms with Crippen LogP contribution in [0.15, 0.2) is 66.0 Å². The highest BCUT2D eigenvalue weighted by Gasteiger charge is 2.16. The van der Waals surface area contributed by atoms with Crippen LogP contribution in [0.2, 0.25) is 0 Å². The molecule has 6 heteroatoms. The minimum Gasteiger partial charge on any atom is -0.492 e. The molecule has 1 aliphatic rings. The molecule has 3 heterocycles. The molecule has 5 rings (SSSR count). The summed E-state index contributed by atoms with van der Waals surface area (Å²) >= 11 is 1.67. The second-order valence-electron chi connectivity index (χ2n) is 7.87. The van der Waals surface area contributed by atoms with Gasteiger partial charge in [-0.15, -0.1) is 0 Å². The molecule has 0 amide bonds. The molecule has 0 fully saturated rings. The number of aromatic nitrogens is 3. The Balaban J connectivity index is 1.17. The normalized spacial score (nSPS) is 14.0. The van der Waals surface area contributed by atoms with Crippen molar-refractivity contribution >= 4 is 22.8 Å². The summed E-state index contributed by atoms with van der Waals surface area (Å²) in [4.78, 5) is 15.1. The molecule has 2 aromatic carbocycles. The van der Waals surface area contributed by atoms with Crippen LogP contribution >= 0.6 is 11.8 Å². The zero-order valence-electron chi connectivity index (χ0n) is 17.7. The number of hydrogen-bond acceptors (Lipinski definition) is 5. The number of rotatable bonds is 7. The second-order valence-corrected chi connectivity index (χ2v) is 8.84. The third kappa shape index (κ3) is 4.60. The monoisotopic (exact) mass is 430 g/mol. The molecule has 0 saturated heterocycles. The van der Waals surface area contributed by atoms with Crippen LogP contribution < -0.4 is 4.74 Å². The molecule has 5 nitrogen and oxygen atoms in total. The zero-order valence-corrected chi connectivity index (χ0v) is 18.5. The number of nitrogens with zero attached hydrogens (tertiary/aromatic N) is 3. The first kappa shape index (κ1) is 20.1. The molecule has 0 saturated carbocycles. The minimum absolute atomic E-state index is 0.684. The Bertz CT molecular complexity index is 1160. The van der Waals surface area contributed by atoms with Gasteiger partial charge >= 0.3 is 0 Å². The molecule has 158 valence electrons. The van der Waals surface area contributed by atoms with Crippen LogP contribution in [0.3, 0.4) is 0 Å². The van der Waals surface area contributed by atoms with E-state index in [2.05, 4.69) is 51.0 Å². The van der Waals surface area contributed by atoms with E-state index in [0.29, 0.717) is 6.61 Å². The number of fused-ring (bicyclic) bond motifs is 2. The Kier molecular flexibility index (Phi) is 5.91. The molecular formula is C25H26N4OS. The summed E-state index contributed by atoms with van der Waals surface area (Å²) in [7, 11) is 0. The lowest BCUT2D eigenvalue weighted by Gasteiger charge is -2.28. The Labute approximate surface area is 186 Å². The summed E-state index contributed by atoms with van der Waals surface area (Å²) in [5.41, 5.74) is 7.12. The molecular weight excluding hydrogens is 404 g/mol. The minimum atomic E-state index is 0.684. The fraction of sp³-hybridized carbons (Fsp3) is 0.280. The van der Waals surface area contributed by atoms with Gasteiger partial charge in [0, 0.05) is 37.1 Å². The van der Waals surface area contributed by atoms with E-state index >= 15 is 0 Å². The highest BCUT2D eigenvalue weighted by Crippen LogP contribution is 2.27. The number of para-hydroxylation sites is 2. The number of nitrogens with one attached hydrogen (secondary N) is 1. The van der Waals surface area contributed by atoms with Gasteiger partial charge in [-0.25, -0.2) is 4.98 Å². The van der Waals surface area contributed by atoms with Gasteiger partial charge in [0.25, 0.3) is 0 Å². The predicted molar refractivity (Wildman–Crippen MR) is 126 cm³/mol. The number of pyridine rings is 1. The van der Waals surface area contributed by atoms with Crippen molar-refractivity contribution in [1.82, 2.24) is 19.9 Å². The lowest BCUT2D eigenvalue weighted by Crippen LogP contribution is -2.33. The number of ether oxygens (including phenoxy) is 1. The Hall–Kier alpha value is -2.83. The maximum absolute atomic E-state index is 6.15. The maximum atomic E-state index is 6.15. The highest BCUT2D eigenvalue weighted by atomic mass is 32.2. The van der Waals surface area contributed by atoms with Gasteiger partial charge in [0.1, 0.15) is 12.4 Å². The van der Waals surface area contributed by atoms with Crippen molar-refractivity contribution in [2.75, 3.05) is 19.7 Å². The van der Waals surface area contributed by atoms with Gasteiger partial charge < -0.3 is 9.72 Å². The summed E-state index contributed by atoms with van der Waals surface area (Å²) in [6.45, 7) is 5.81. The number of imidazole rings is 1. The van der Waals surface area contributed by atoms with Gasteiger partial charge in [-0.3, -0.25) is 9.88 Å². The molecule has 31 heavy (non-hydrogen) atoms. The van der Waals surface area contributed by atoms with Gasteiger partial charge in [0.2, 0.25) is 0 Å². The van der Waals surface area contributed by atoms with E-state index in [-0.39, 0.29) is 0 Å². The van der Waals surface area contributed by atoms with Gasteiger partial charge in [0.15, 0.2) is 5.16 Å². The van der Waals surface area contributed by atoms with E-state index in [0.717, 1.165) is 65.0 Å². The number of H-pyrrole nitrogens is 1. The van der Waals surface area contributed by atoms with Crippen molar-refractivity contribution in [1.29, 1.82) is 0 Å². The number of aromatic amines is 1. The van der Waals surface area contributed by atoms with Crippen molar-refractivity contribution < 1.29 is 4.74 Å². The fourth-order valence-corrected chi connectivity index (χ4v) is 4.93. The molecule has 0 radical (unpaired) electrons. The Morgan fingerprint density at radius 3 is 2.81 bits per heavy atom. The van der Waals surface area contributed by atoms with Crippen LogP contribution in [0.25, 0.3) is 11.0 Å².